The molecule has 0 saturated carbocycles. The third kappa shape index (κ3) is 4.20. The second-order valence-corrected chi connectivity index (χ2v) is 5.26. The van der Waals surface area contributed by atoms with Gasteiger partial charge in [-0.25, -0.2) is 0 Å². The number of anilines is 1. The molecular formula is C18H18N2O5. The highest BCUT2D eigenvalue weighted by Gasteiger charge is 2.27. The smallest absolute Gasteiger partial charge is 0.294 e. The van der Waals surface area contributed by atoms with Gasteiger partial charge in [0.2, 0.25) is 5.78 Å². The first-order chi connectivity index (χ1) is 12.0. The number of methoxy groups -OCH3 is 1. The van der Waals surface area contributed by atoms with Crippen molar-refractivity contribution in [1.29, 1.82) is 0 Å². The van der Waals surface area contributed by atoms with Gasteiger partial charge in [0.25, 0.3) is 11.6 Å². The molecule has 2 aromatic rings. The van der Waals surface area contributed by atoms with Crippen LogP contribution in [-0.4, -0.2) is 23.7 Å². The van der Waals surface area contributed by atoms with Crippen LogP contribution in [0.1, 0.15) is 18.9 Å². The van der Waals surface area contributed by atoms with E-state index in [0.717, 1.165) is 10.5 Å². The van der Waals surface area contributed by atoms with Gasteiger partial charge in [0.15, 0.2) is 0 Å². The van der Waals surface area contributed by atoms with Gasteiger partial charge in [-0.15, -0.1) is 0 Å². The lowest BCUT2D eigenvalue weighted by Gasteiger charge is -2.22. The van der Waals surface area contributed by atoms with Gasteiger partial charge >= 0.3 is 0 Å². The highest BCUT2D eigenvalue weighted by Crippen LogP contribution is 2.29. The maximum atomic E-state index is 12.5. The second kappa shape index (κ2) is 8.05. The van der Waals surface area contributed by atoms with E-state index < -0.39 is 16.6 Å². The monoisotopic (exact) mass is 342 g/mol. The van der Waals surface area contributed by atoms with E-state index in [-0.39, 0.29) is 24.3 Å². The lowest BCUT2D eigenvalue weighted by atomic mass is 10.1. The third-order valence-electron chi connectivity index (χ3n) is 3.67. The van der Waals surface area contributed by atoms with Crippen LogP contribution >= 0.6 is 0 Å². The number of hydrogen-bond acceptors (Lipinski definition) is 5. The summed E-state index contributed by atoms with van der Waals surface area (Å²) >= 11 is 0. The lowest BCUT2D eigenvalue weighted by Crippen LogP contribution is -2.36. The van der Waals surface area contributed by atoms with Gasteiger partial charge in [0, 0.05) is 12.5 Å². The minimum Gasteiger partial charge on any atom is -0.497 e. The van der Waals surface area contributed by atoms with Crippen molar-refractivity contribution in [1.82, 2.24) is 0 Å². The number of rotatable bonds is 7. The van der Waals surface area contributed by atoms with Crippen LogP contribution in [0.15, 0.2) is 48.5 Å². The van der Waals surface area contributed by atoms with E-state index in [0.29, 0.717) is 5.75 Å². The van der Waals surface area contributed by atoms with E-state index in [1.165, 1.54) is 25.3 Å². The molecule has 0 spiro atoms. The topological polar surface area (TPSA) is 89.8 Å². The van der Waals surface area contributed by atoms with Crippen LogP contribution in [0.3, 0.4) is 0 Å². The molecule has 7 heteroatoms. The third-order valence-corrected chi connectivity index (χ3v) is 3.67. The van der Waals surface area contributed by atoms with Gasteiger partial charge in [0.05, 0.1) is 18.6 Å². The van der Waals surface area contributed by atoms with Crippen LogP contribution in [0, 0.1) is 10.1 Å². The predicted octanol–water partition coefficient (Wildman–Crippen LogP) is 3.12. The fourth-order valence-electron chi connectivity index (χ4n) is 2.33. The summed E-state index contributed by atoms with van der Waals surface area (Å²) < 4.78 is 5.09. The molecule has 25 heavy (non-hydrogen) atoms. The zero-order valence-corrected chi connectivity index (χ0v) is 14.0. The Balaban J connectivity index is 2.44. The van der Waals surface area contributed by atoms with E-state index >= 15 is 0 Å². The maximum absolute atomic E-state index is 12.5. The van der Waals surface area contributed by atoms with E-state index in [1.54, 1.807) is 37.3 Å². The average Bonchev–Trinajstić information content (AvgIpc) is 2.65. The number of para-hydroxylation sites is 2. The highest BCUT2D eigenvalue weighted by molar-refractivity contribution is 6.41. The van der Waals surface area contributed by atoms with Crippen molar-refractivity contribution in [3.63, 3.8) is 0 Å². The number of carbonyl (C=O) groups is 2. The molecule has 130 valence electrons. The summed E-state index contributed by atoms with van der Waals surface area (Å²) in [6.07, 6.45) is 0.0264. The average molecular weight is 342 g/mol. The molecule has 0 aliphatic heterocycles. The molecule has 1 amide bonds. The Morgan fingerprint density at radius 1 is 1.12 bits per heavy atom. The number of Topliss-reactive ketones (excluding diaryl/α,β-unsaturated/α-hetero) is 1. The molecular weight excluding hydrogens is 324 g/mol. The molecule has 0 aliphatic rings. The van der Waals surface area contributed by atoms with E-state index in [2.05, 4.69) is 0 Å². The van der Waals surface area contributed by atoms with Gasteiger partial charge in [-0.2, -0.15) is 0 Å². The minimum absolute atomic E-state index is 0.0264. The normalized spacial score (nSPS) is 10.2. The Kier molecular flexibility index (Phi) is 5.84. The Hall–Kier alpha value is -3.22. The second-order valence-electron chi connectivity index (χ2n) is 5.26. The van der Waals surface area contributed by atoms with Crippen molar-refractivity contribution >= 4 is 23.1 Å². The van der Waals surface area contributed by atoms with Crippen molar-refractivity contribution in [3.8, 4) is 5.75 Å². The Labute approximate surface area is 145 Å². The van der Waals surface area contributed by atoms with Crippen LogP contribution in [0.25, 0.3) is 0 Å². The first kappa shape index (κ1) is 18.1. The number of benzene rings is 2. The van der Waals surface area contributed by atoms with Crippen molar-refractivity contribution < 1.29 is 19.2 Å². The summed E-state index contributed by atoms with van der Waals surface area (Å²) in [6, 6.07) is 12.8. The van der Waals surface area contributed by atoms with Crippen LogP contribution in [-0.2, 0) is 16.1 Å². The van der Waals surface area contributed by atoms with Gasteiger partial charge in [0.1, 0.15) is 11.4 Å². The zero-order valence-electron chi connectivity index (χ0n) is 14.0. The predicted molar refractivity (Wildman–Crippen MR) is 92.6 cm³/mol. The molecule has 0 radical (unpaired) electrons. The molecule has 0 heterocycles. The molecule has 7 nitrogen and oxygen atoms in total. The van der Waals surface area contributed by atoms with Gasteiger partial charge in [-0.1, -0.05) is 31.2 Å². The Morgan fingerprint density at radius 2 is 1.76 bits per heavy atom. The first-order valence-corrected chi connectivity index (χ1v) is 7.69. The SMILES string of the molecule is CCC(=O)C(=O)N(Cc1ccc(OC)cc1)c1ccccc1[N+](=O)[O-]. The number of hydrogen-bond donors (Lipinski definition) is 0. The van der Waals surface area contributed by atoms with E-state index in [1.807, 2.05) is 0 Å². The first-order valence-electron chi connectivity index (χ1n) is 7.69. The summed E-state index contributed by atoms with van der Waals surface area (Å²) in [5, 5.41) is 11.3. The molecule has 0 bridgehead atoms. The summed E-state index contributed by atoms with van der Waals surface area (Å²) in [5.41, 5.74) is 0.583. The lowest BCUT2D eigenvalue weighted by molar-refractivity contribution is -0.384. The number of nitrogens with zero attached hydrogens (tertiary/aromatic N) is 2. The highest BCUT2D eigenvalue weighted by atomic mass is 16.6. The summed E-state index contributed by atoms with van der Waals surface area (Å²) in [6.45, 7) is 1.62. The molecule has 0 N–H and O–H groups in total. The summed E-state index contributed by atoms with van der Waals surface area (Å²) in [4.78, 5) is 36.3. The maximum Gasteiger partial charge on any atom is 0.294 e. The number of amides is 1. The van der Waals surface area contributed by atoms with Crippen LogP contribution < -0.4 is 9.64 Å². The number of ketones is 1. The van der Waals surface area contributed by atoms with Gasteiger partial charge in [-0.3, -0.25) is 24.6 Å². The molecule has 0 aliphatic carbocycles. The number of carbonyl (C=O) groups excluding carboxylic acids is 2. The Bertz CT molecular complexity index is 786. The van der Waals surface area contributed by atoms with Crippen molar-refractivity contribution in [2.75, 3.05) is 12.0 Å². The van der Waals surface area contributed by atoms with Gasteiger partial charge < -0.3 is 4.74 Å². The van der Waals surface area contributed by atoms with E-state index in [9.17, 15) is 19.7 Å². The fraction of sp³-hybridized carbons (Fsp3) is 0.222. The van der Waals surface area contributed by atoms with Crippen LogP contribution in [0.5, 0.6) is 5.75 Å². The number of nitro groups is 1. The zero-order chi connectivity index (χ0) is 18.4. The number of ether oxygens (including phenoxy) is 1. The molecule has 0 aromatic heterocycles. The molecule has 0 saturated heterocycles. The van der Waals surface area contributed by atoms with Crippen molar-refractivity contribution in [3.05, 3.63) is 64.2 Å². The van der Waals surface area contributed by atoms with Crippen LogP contribution in [0.4, 0.5) is 11.4 Å². The quantitative estimate of drug-likeness (QED) is 0.438. The molecule has 2 aromatic carbocycles. The number of nitro benzene ring substituents is 1. The van der Waals surface area contributed by atoms with Crippen LogP contribution in [0.2, 0.25) is 0 Å². The van der Waals surface area contributed by atoms with Crippen molar-refractivity contribution in [2.45, 2.75) is 19.9 Å². The molecule has 2 rings (SSSR count). The van der Waals surface area contributed by atoms with Crippen molar-refractivity contribution in [2.24, 2.45) is 0 Å². The summed E-state index contributed by atoms with van der Waals surface area (Å²) in [5.74, 6) is -0.726. The molecule has 0 unspecified atom stereocenters. The Morgan fingerprint density at radius 3 is 2.32 bits per heavy atom. The molecule has 0 fully saturated rings. The summed E-state index contributed by atoms with van der Waals surface area (Å²) in [7, 11) is 1.54. The van der Waals surface area contributed by atoms with Gasteiger partial charge in [-0.05, 0) is 23.8 Å². The molecule has 0 atom stereocenters. The largest absolute Gasteiger partial charge is 0.497 e. The minimum atomic E-state index is -0.771. The fourth-order valence-corrected chi connectivity index (χ4v) is 2.33. The van der Waals surface area contributed by atoms with E-state index in [4.69, 9.17) is 4.74 Å². The standard InChI is InChI=1S/C18H18N2O5/c1-3-17(21)18(22)19(12-13-8-10-14(25-2)11-9-13)15-6-4-5-7-16(15)20(23)24/h4-11H,3,12H2,1-2H3.